The predicted octanol–water partition coefficient (Wildman–Crippen LogP) is 1.37. The fraction of sp³-hybridized carbons (Fsp3) is 0.727. The molecule has 0 unspecified atom stereocenters. The van der Waals surface area contributed by atoms with Crippen molar-refractivity contribution in [2.75, 3.05) is 31.6 Å². The van der Waals surface area contributed by atoms with Gasteiger partial charge < -0.3 is 4.90 Å². The summed E-state index contributed by atoms with van der Waals surface area (Å²) in [5.74, 6) is 0.898. The van der Waals surface area contributed by atoms with Gasteiger partial charge in [-0.1, -0.05) is 0 Å². The Morgan fingerprint density at radius 2 is 2.18 bits per heavy atom. The van der Waals surface area contributed by atoms with Gasteiger partial charge in [-0.2, -0.15) is 0 Å². The molecule has 1 aliphatic heterocycles. The molecule has 0 aliphatic carbocycles. The molecule has 1 aromatic rings. The van der Waals surface area contributed by atoms with Crippen LogP contribution in [0.5, 0.6) is 0 Å². The van der Waals surface area contributed by atoms with Crippen molar-refractivity contribution in [2.24, 2.45) is 0 Å². The molecular weight excluding hydrogens is 256 g/mol. The second-order valence-corrected chi connectivity index (χ2v) is 7.83. The van der Waals surface area contributed by atoms with Crippen molar-refractivity contribution >= 4 is 21.2 Å². The lowest BCUT2D eigenvalue weighted by Gasteiger charge is -2.31. The highest BCUT2D eigenvalue weighted by Crippen LogP contribution is 2.29. The summed E-state index contributed by atoms with van der Waals surface area (Å²) in [6, 6.07) is 0. The number of hydrogen-bond donors (Lipinski definition) is 0. The van der Waals surface area contributed by atoms with Crippen LogP contribution in [0.2, 0.25) is 0 Å². The van der Waals surface area contributed by atoms with Gasteiger partial charge in [-0.25, -0.2) is 8.42 Å². The van der Waals surface area contributed by atoms with Crippen molar-refractivity contribution in [3.05, 3.63) is 16.6 Å². The van der Waals surface area contributed by atoms with E-state index >= 15 is 0 Å². The van der Waals surface area contributed by atoms with Crippen LogP contribution in [0.15, 0.2) is 11.7 Å². The second-order valence-electron chi connectivity index (χ2n) is 4.65. The van der Waals surface area contributed by atoms with E-state index in [0.29, 0.717) is 12.5 Å². The standard InChI is InChI=1S/C11H18N2O2S2/c1-17(14,15)7-6-13-4-2-10(3-5-13)11-8-12-9-16-11/h8-10H,2-7H2,1H3. The zero-order chi connectivity index (χ0) is 12.3. The molecule has 2 rings (SSSR count). The summed E-state index contributed by atoms with van der Waals surface area (Å²) in [6.07, 6.45) is 5.50. The highest BCUT2D eigenvalue weighted by atomic mass is 32.2. The van der Waals surface area contributed by atoms with Gasteiger partial charge in [-0.3, -0.25) is 4.98 Å². The quantitative estimate of drug-likeness (QED) is 0.832. The molecule has 0 saturated carbocycles. The van der Waals surface area contributed by atoms with Crippen LogP contribution in [0.25, 0.3) is 0 Å². The van der Waals surface area contributed by atoms with E-state index < -0.39 is 9.84 Å². The van der Waals surface area contributed by atoms with Crippen molar-refractivity contribution in [2.45, 2.75) is 18.8 Å². The molecule has 0 amide bonds. The van der Waals surface area contributed by atoms with Crippen LogP contribution >= 0.6 is 11.3 Å². The van der Waals surface area contributed by atoms with Crippen LogP contribution in [-0.2, 0) is 9.84 Å². The molecule has 0 aromatic carbocycles. The summed E-state index contributed by atoms with van der Waals surface area (Å²) >= 11 is 1.72. The largest absolute Gasteiger partial charge is 0.302 e. The van der Waals surface area contributed by atoms with E-state index in [-0.39, 0.29) is 5.75 Å². The first-order valence-corrected chi connectivity index (χ1v) is 8.77. The summed E-state index contributed by atoms with van der Waals surface area (Å²) in [7, 11) is -2.83. The molecule has 1 aromatic heterocycles. The van der Waals surface area contributed by atoms with Gasteiger partial charge in [0.25, 0.3) is 0 Å². The zero-order valence-corrected chi connectivity index (χ0v) is 11.6. The summed E-state index contributed by atoms with van der Waals surface area (Å²) < 4.78 is 22.2. The van der Waals surface area contributed by atoms with Gasteiger partial charge in [-0.15, -0.1) is 11.3 Å². The average Bonchev–Trinajstić information content (AvgIpc) is 2.79. The minimum atomic E-state index is -2.83. The first-order valence-electron chi connectivity index (χ1n) is 5.83. The molecule has 0 atom stereocenters. The number of likely N-dealkylation sites (tertiary alicyclic amines) is 1. The number of hydrogen-bond acceptors (Lipinski definition) is 5. The number of nitrogens with zero attached hydrogens (tertiary/aromatic N) is 2. The Hall–Kier alpha value is -0.460. The summed E-state index contributed by atoms with van der Waals surface area (Å²) in [5, 5.41) is 0. The first-order chi connectivity index (χ1) is 8.04. The summed E-state index contributed by atoms with van der Waals surface area (Å²) in [5.41, 5.74) is 1.88. The van der Waals surface area contributed by atoms with Gasteiger partial charge in [0.05, 0.1) is 11.3 Å². The van der Waals surface area contributed by atoms with Crippen molar-refractivity contribution in [1.29, 1.82) is 0 Å². The number of sulfone groups is 1. The Balaban J connectivity index is 1.78. The van der Waals surface area contributed by atoms with Crippen LogP contribution < -0.4 is 0 Å². The highest BCUT2D eigenvalue weighted by molar-refractivity contribution is 7.90. The second kappa shape index (κ2) is 5.46. The fourth-order valence-corrected chi connectivity index (χ4v) is 3.55. The molecular formula is C11H18N2O2S2. The van der Waals surface area contributed by atoms with Crippen molar-refractivity contribution in [3.63, 3.8) is 0 Å². The molecule has 1 fully saturated rings. The zero-order valence-electron chi connectivity index (χ0n) is 10.0. The Kier molecular flexibility index (Phi) is 4.17. The third kappa shape index (κ3) is 4.04. The maximum absolute atomic E-state index is 11.1. The monoisotopic (exact) mass is 274 g/mol. The summed E-state index contributed by atoms with van der Waals surface area (Å²) in [6.45, 7) is 2.67. The van der Waals surface area contributed by atoms with E-state index in [2.05, 4.69) is 9.88 Å². The Bertz CT molecular complexity index is 434. The minimum absolute atomic E-state index is 0.276. The lowest BCUT2D eigenvalue weighted by Crippen LogP contribution is -2.36. The molecule has 0 radical (unpaired) electrons. The van der Waals surface area contributed by atoms with Crippen LogP contribution in [0.4, 0.5) is 0 Å². The highest BCUT2D eigenvalue weighted by Gasteiger charge is 2.21. The summed E-state index contributed by atoms with van der Waals surface area (Å²) in [4.78, 5) is 7.73. The van der Waals surface area contributed by atoms with Gasteiger partial charge in [0.2, 0.25) is 0 Å². The number of aromatic nitrogens is 1. The molecule has 0 spiro atoms. The lowest BCUT2D eigenvalue weighted by molar-refractivity contribution is 0.224. The third-order valence-electron chi connectivity index (χ3n) is 3.22. The van der Waals surface area contributed by atoms with Crippen LogP contribution in [0.3, 0.4) is 0 Å². The molecule has 0 bridgehead atoms. The smallest absolute Gasteiger partial charge is 0.148 e. The number of rotatable bonds is 4. The van der Waals surface area contributed by atoms with E-state index in [1.807, 2.05) is 11.7 Å². The third-order valence-corrected chi connectivity index (χ3v) is 5.08. The van der Waals surface area contributed by atoms with E-state index in [4.69, 9.17) is 0 Å². The molecule has 96 valence electrons. The molecule has 1 aliphatic rings. The normalized spacial score (nSPS) is 19.6. The van der Waals surface area contributed by atoms with Gasteiger partial charge >= 0.3 is 0 Å². The van der Waals surface area contributed by atoms with E-state index in [1.54, 1.807) is 11.3 Å². The average molecular weight is 274 g/mol. The van der Waals surface area contributed by atoms with E-state index in [0.717, 1.165) is 25.9 Å². The van der Waals surface area contributed by atoms with Gasteiger partial charge in [0, 0.05) is 23.9 Å². The molecule has 2 heterocycles. The maximum atomic E-state index is 11.1. The number of piperidine rings is 1. The molecule has 6 heteroatoms. The first kappa shape index (κ1) is 13.0. The van der Waals surface area contributed by atoms with Crippen molar-refractivity contribution in [1.82, 2.24) is 9.88 Å². The minimum Gasteiger partial charge on any atom is -0.302 e. The van der Waals surface area contributed by atoms with Crippen LogP contribution in [-0.4, -0.2) is 49.9 Å². The SMILES string of the molecule is CS(=O)(=O)CCN1CCC(c2cncs2)CC1. The lowest BCUT2D eigenvalue weighted by atomic mass is 9.96. The Labute approximate surface area is 107 Å². The van der Waals surface area contributed by atoms with Crippen LogP contribution in [0, 0.1) is 0 Å². The molecule has 4 nitrogen and oxygen atoms in total. The van der Waals surface area contributed by atoms with Crippen molar-refractivity contribution in [3.8, 4) is 0 Å². The van der Waals surface area contributed by atoms with Gasteiger partial charge in [0.1, 0.15) is 9.84 Å². The molecule has 1 saturated heterocycles. The van der Waals surface area contributed by atoms with Crippen molar-refractivity contribution < 1.29 is 8.42 Å². The number of thiazole rings is 1. The fourth-order valence-electron chi connectivity index (χ4n) is 2.16. The molecule has 17 heavy (non-hydrogen) atoms. The Morgan fingerprint density at radius 3 is 2.71 bits per heavy atom. The maximum Gasteiger partial charge on any atom is 0.148 e. The Morgan fingerprint density at radius 1 is 1.47 bits per heavy atom. The van der Waals surface area contributed by atoms with Gasteiger partial charge in [0.15, 0.2) is 0 Å². The topological polar surface area (TPSA) is 50.3 Å². The van der Waals surface area contributed by atoms with E-state index in [1.165, 1.54) is 11.1 Å². The van der Waals surface area contributed by atoms with Gasteiger partial charge in [-0.05, 0) is 31.8 Å². The van der Waals surface area contributed by atoms with E-state index in [9.17, 15) is 8.42 Å². The van der Waals surface area contributed by atoms with Crippen LogP contribution in [0.1, 0.15) is 23.6 Å². The molecule has 0 N–H and O–H groups in total. The predicted molar refractivity (Wildman–Crippen MR) is 70.2 cm³/mol.